The molecule has 0 saturated carbocycles. The third-order valence-electron chi connectivity index (χ3n) is 3.69. The second-order valence-corrected chi connectivity index (χ2v) is 5.48. The monoisotopic (exact) mass is 333 g/mol. The Bertz CT molecular complexity index is 968. The molecule has 0 spiro atoms. The van der Waals surface area contributed by atoms with E-state index in [1.165, 1.54) is 12.1 Å². The fourth-order valence-electron chi connectivity index (χ4n) is 2.47. The van der Waals surface area contributed by atoms with Gasteiger partial charge in [-0.05, 0) is 31.2 Å². The highest BCUT2D eigenvalue weighted by molar-refractivity contribution is 5.80. The van der Waals surface area contributed by atoms with E-state index in [2.05, 4.69) is 10.2 Å². The number of hydrogen-bond donors (Lipinski definition) is 1. The Kier molecular flexibility index (Phi) is 4.52. The first-order valence-electron chi connectivity index (χ1n) is 7.60. The van der Waals surface area contributed by atoms with Crippen molar-refractivity contribution >= 4 is 17.1 Å². The van der Waals surface area contributed by atoms with Crippen LogP contribution in [0.15, 0.2) is 77.0 Å². The average Bonchev–Trinajstić information content (AvgIpc) is 2.62. The first kappa shape index (κ1) is 16.3. The number of benzene rings is 3. The first-order chi connectivity index (χ1) is 12.1. The molecule has 6 heteroatoms. The lowest BCUT2D eigenvalue weighted by atomic mass is 10.0. The molecule has 0 fully saturated rings. The van der Waals surface area contributed by atoms with Gasteiger partial charge in [0.05, 0.1) is 10.6 Å². The van der Waals surface area contributed by atoms with Gasteiger partial charge in [0, 0.05) is 17.2 Å². The highest BCUT2D eigenvalue weighted by Gasteiger charge is 2.13. The predicted molar refractivity (Wildman–Crippen MR) is 95.6 cm³/mol. The summed E-state index contributed by atoms with van der Waals surface area (Å²) in [6.07, 6.45) is 0. The van der Waals surface area contributed by atoms with E-state index in [0.29, 0.717) is 16.8 Å². The van der Waals surface area contributed by atoms with Gasteiger partial charge in [-0.3, -0.25) is 10.1 Å². The van der Waals surface area contributed by atoms with Crippen LogP contribution in [0.1, 0.15) is 5.56 Å². The maximum absolute atomic E-state index is 11.1. The quantitative estimate of drug-likeness (QED) is 0.378. The summed E-state index contributed by atoms with van der Waals surface area (Å²) in [5, 5.41) is 29.4. The molecule has 0 heterocycles. The maximum atomic E-state index is 11.1. The molecular weight excluding hydrogens is 318 g/mol. The second kappa shape index (κ2) is 6.92. The van der Waals surface area contributed by atoms with E-state index in [0.717, 1.165) is 5.56 Å². The largest absolute Gasteiger partial charge is 0.507 e. The second-order valence-electron chi connectivity index (χ2n) is 5.48. The summed E-state index contributed by atoms with van der Waals surface area (Å²) in [6.45, 7) is 1.93. The van der Waals surface area contributed by atoms with Crippen molar-refractivity contribution in [2.75, 3.05) is 0 Å². The van der Waals surface area contributed by atoms with Crippen LogP contribution in [-0.2, 0) is 0 Å². The van der Waals surface area contributed by atoms with Gasteiger partial charge < -0.3 is 5.11 Å². The van der Waals surface area contributed by atoms with Crippen molar-refractivity contribution in [2.24, 2.45) is 10.2 Å². The molecule has 124 valence electrons. The predicted octanol–water partition coefficient (Wildman–Crippen LogP) is 5.69. The Balaban J connectivity index is 2.06. The summed E-state index contributed by atoms with van der Waals surface area (Å²) in [4.78, 5) is 10.6. The minimum atomic E-state index is -0.493. The van der Waals surface area contributed by atoms with E-state index in [1.807, 2.05) is 31.2 Å². The molecule has 0 radical (unpaired) electrons. The van der Waals surface area contributed by atoms with Crippen molar-refractivity contribution in [1.82, 2.24) is 0 Å². The molecule has 0 saturated heterocycles. The van der Waals surface area contributed by atoms with Crippen LogP contribution in [0.25, 0.3) is 11.1 Å². The molecule has 0 bridgehead atoms. The number of aromatic hydroxyl groups is 1. The lowest BCUT2D eigenvalue weighted by Crippen LogP contribution is -1.87. The van der Waals surface area contributed by atoms with Crippen LogP contribution in [0.5, 0.6) is 5.75 Å². The third-order valence-corrected chi connectivity index (χ3v) is 3.69. The van der Waals surface area contributed by atoms with Crippen LogP contribution < -0.4 is 0 Å². The Morgan fingerprint density at radius 2 is 1.52 bits per heavy atom. The fraction of sp³-hybridized carbons (Fsp3) is 0.0526. The van der Waals surface area contributed by atoms with Crippen molar-refractivity contribution in [3.05, 3.63) is 82.4 Å². The molecule has 0 unspecified atom stereocenters. The summed E-state index contributed by atoms with van der Waals surface area (Å²) in [7, 11) is 0. The fourth-order valence-corrected chi connectivity index (χ4v) is 2.47. The zero-order valence-corrected chi connectivity index (χ0v) is 13.5. The third kappa shape index (κ3) is 3.53. The summed E-state index contributed by atoms with van der Waals surface area (Å²) < 4.78 is 0. The minimum absolute atomic E-state index is 0.109. The molecule has 0 aromatic heterocycles. The first-order valence-corrected chi connectivity index (χ1v) is 7.60. The van der Waals surface area contributed by atoms with Crippen LogP contribution in [0, 0.1) is 17.0 Å². The van der Waals surface area contributed by atoms with Gasteiger partial charge in [-0.15, -0.1) is 10.2 Å². The van der Waals surface area contributed by atoms with Crippen molar-refractivity contribution in [3.63, 3.8) is 0 Å². The smallest absolute Gasteiger partial charge is 0.296 e. The molecule has 0 aliphatic carbocycles. The Morgan fingerprint density at radius 1 is 0.880 bits per heavy atom. The van der Waals surface area contributed by atoms with Crippen LogP contribution in [0.4, 0.5) is 17.1 Å². The number of rotatable bonds is 4. The number of phenols is 1. The van der Waals surface area contributed by atoms with E-state index in [1.54, 1.807) is 30.3 Å². The summed E-state index contributed by atoms with van der Waals surface area (Å²) >= 11 is 0. The lowest BCUT2D eigenvalue weighted by molar-refractivity contribution is -0.384. The van der Waals surface area contributed by atoms with Crippen LogP contribution in [-0.4, -0.2) is 10.0 Å². The van der Waals surface area contributed by atoms with Crippen LogP contribution >= 0.6 is 0 Å². The van der Waals surface area contributed by atoms with Gasteiger partial charge in [0.1, 0.15) is 5.75 Å². The number of para-hydroxylation sites is 1. The van der Waals surface area contributed by atoms with Crippen molar-refractivity contribution in [2.45, 2.75) is 6.92 Å². The normalized spacial score (nSPS) is 10.9. The molecule has 0 aliphatic rings. The van der Waals surface area contributed by atoms with E-state index in [4.69, 9.17) is 0 Å². The molecule has 3 rings (SSSR count). The number of azo groups is 1. The summed E-state index contributed by atoms with van der Waals surface area (Å²) in [6, 6.07) is 18.7. The van der Waals surface area contributed by atoms with E-state index >= 15 is 0 Å². The Labute approximate surface area is 144 Å². The highest BCUT2D eigenvalue weighted by atomic mass is 16.6. The van der Waals surface area contributed by atoms with Gasteiger partial charge in [-0.25, -0.2) is 0 Å². The number of nitrogens with zero attached hydrogens (tertiary/aromatic N) is 3. The van der Waals surface area contributed by atoms with E-state index < -0.39 is 4.92 Å². The molecule has 25 heavy (non-hydrogen) atoms. The number of nitro groups is 1. The van der Waals surface area contributed by atoms with Crippen molar-refractivity contribution in [3.8, 4) is 16.9 Å². The molecule has 6 nitrogen and oxygen atoms in total. The van der Waals surface area contributed by atoms with Crippen LogP contribution in [0.2, 0.25) is 0 Å². The molecule has 1 N–H and O–H groups in total. The summed E-state index contributed by atoms with van der Waals surface area (Å²) in [5.41, 5.74) is 2.92. The molecule has 0 atom stereocenters. The Morgan fingerprint density at radius 3 is 2.28 bits per heavy atom. The number of aryl methyl sites for hydroxylation is 1. The van der Waals surface area contributed by atoms with E-state index in [-0.39, 0.29) is 17.1 Å². The van der Waals surface area contributed by atoms with Gasteiger partial charge in [-0.2, -0.15) is 0 Å². The van der Waals surface area contributed by atoms with Gasteiger partial charge in [0.2, 0.25) is 0 Å². The maximum Gasteiger partial charge on any atom is 0.296 e. The number of nitro benzene ring substituents is 1. The minimum Gasteiger partial charge on any atom is -0.507 e. The van der Waals surface area contributed by atoms with Gasteiger partial charge in [0.25, 0.3) is 5.69 Å². The van der Waals surface area contributed by atoms with Crippen LogP contribution in [0.3, 0.4) is 0 Å². The summed E-state index contributed by atoms with van der Waals surface area (Å²) in [5.74, 6) is 0.138. The molecule has 3 aromatic carbocycles. The standard InChI is InChI=1S/C19H15N3O3/c1-13-10-11-19(23)15(12-13)14-6-2-3-7-16(14)20-21-17-8-4-5-9-18(17)22(24)25/h2-12,23H,1H3. The molecular formula is C19H15N3O3. The molecule has 3 aromatic rings. The van der Waals surface area contributed by atoms with Gasteiger partial charge in [0.15, 0.2) is 5.69 Å². The van der Waals surface area contributed by atoms with Gasteiger partial charge >= 0.3 is 0 Å². The molecule has 0 amide bonds. The lowest BCUT2D eigenvalue weighted by Gasteiger charge is -2.08. The molecule has 0 aliphatic heterocycles. The zero-order valence-electron chi connectivity index (χ0n) is 13.5. The zero-order chi connectivity index (χ0) is 17.8. The Hall–Kier alpha value is -3.54. The van der Waals surface area contributed by atoms with Gasteiger partial charge in [-0.1, -0.05) is 42.0 Å². The van der Waals surface area contributed by atoms with Crippen molar-refractivity contribution < 1.29 is 10.0 Å². The highest BCUT2D eigenvalue weighted by Crippen LogP contribution is 2.37. The SMILES string of the molecule is Cc1ccc(O)c(-c2ccccc2N=Nc2ccccc2[N+](=O)[O-])c1. The number of hydrogen-bond acceptors (Lipinski definition) is 5. The van der Waals surface area contributed by atoms with Crippen molar-refractivity contribution in [1.29, 1.82) is 0 Å². The number of phenolic OH excluding ortho intramolecular Hbond substituents is 1. The topological polar surface area (TPSA) is 88.1 Å². The average molecular weight is 333 g/mol. The van der Waals surface area contributed by atoms with E-state index in [9.17, 15) is 15.2 Å².